The minimum Gasteiger partial charge on any atom is -0.497 e. The molecular weight excluding hydrogens is 353 g/mol. The van der Waals surface area contributed by atoms with Gasteiger partial charge in [-0.1, -0.05) is 12.1 Å². The number of nitrogens with zero attached hydrogens (tertiary/aromatic N) is 1. The maximum atomic E-state index is 12.1. The van der Waals surface area contributed by atoms with Gasteiger partial charge in [0.2, 0.25) is 0 Å². The summed E-state index contributed by atoms with van der Waals surface area (Å²) in [4.78, 5) is 19.0. The van der Waals surface area contributed by atoms with Gasteiger partial charge in [0.05, 0.1) is 20.0 Å². The Morgan fingerprint density at radius 2 is 2.00 bits per heavy atom. The second kappa shape index (κ2) is 11.7. The van der Waals surface area contributed by atoms with Gasteiger partial charge in [0.1, 0.15) is 11.8 Å². The van der Waals surface area contributed by atoms with E-state index in [-0.39, 0.29) is 36.8 Å². The molecule has 8 heteroatoms. The van der Waals surface area contributed by atoms with Crippen LogP contribution in [0.15, 0.2) is 36.8 Å². The summed E-state index contributed by atoms with van der Waals surface area (Å²) in [5.41, 5.74) is 2.00. The summed E-state index contributed by atoms with van der Waals surface area (Å²) >= 11 is 0. The van der Waals surface area contributed by atoms with Gasteiger partial charge >= 0.3 is 5.97 Å². The number of ether oxygens (including phenoxy) is 2. The minimum atomic E-state index is -0.378. The van der Waals surface area contributed by atoms with Crippen molar-refractivity contribution >= 4 is 30.8 Å². The molecule has 0 saturated carbocycles. The number of carbonyl (C=O) groups is 1. The maximum Gasteiger partial charge on any atom is 0.323 e. The van der Waals surface area contributed by atoms with E-state index in [1.807, 2.05) is 24.3 Å². The summed E-state index contributed by atoms with van der Waals surface area (Å²) in [5, 5.41) is 2.97. The number of likely N-dealkylation sites (N-methyl/N-ethyl adjacent to an activating group) is 1. The van der Waals surface area contributed by atoms with Crippen LogP contribution in [0, 0.1) is 0 Å². The number of carbonyl (C=O) groups excluding carboxylic acids is 1. The molecule has 1 aromatic heterocycles. The van der Waals surface area contributed by atoms with Crippen molar-refractivity contribution in [2.45, 2.75) is 18.9 Å². The first-order valence-electron chi connectivity index (χ1n) is 7.17. The molecule has 1 heterocycles. The van der Waals surface area contributed by atoms with Gasteiger partial charge < -0.3 is 19.8 Å². The second-order valence-corrected chi connectivity index (χ2v) is 4.89. The first kappa shape index (κ1) is 22.2. The zero-order chi connectivity index (χ0) is 15.8. The highest BCUT2D eigenvalue weighted by Gasteiger charge is 2.18. The molecule has 0 spiro atoms. The molecule has 0 unspecified atom stereocenters. The topological polar surface area (TPSA) is 76.2 Å². The molecule has 134 valence electrons. The van der Waals surface area contributed by atoms with Crippen LogP contribution < -0.4 is 10.1 Å². The Hall–Kier alpha value is -1.76. The van der Waals surface area contributed by atoms with Gasteiger partial charge in [0.25, 0.3) is 0 Å². The third-order valence-electron chi connectivity index (χ3n) is 3.41. The van der Waals surface area contributed by atoms with Gasteiger partial charge in [0.15, 0.2) is 0 Å². The molecule has 24 heavy (non-hydrogen) atoms. The van der Waals surface area contributed by atoms with Gasteiger partial charge in [-0.2, -0.15) is 0 Å². The Kier molecular flexibility index (Phi) is 10.9. The summed E-state index contributed by atoms with van der Waals surface area (Å²) in [6, 6.07) is 7.34. The summed E-state index contributed by atoms with van der Waals surface area (Å²) in [6.45, 7) is 0.353. The highest BCUT2D eigenvalue weighted by Crippen LogP contribution is 2.11. The molecule has 0 aliphatic carbocycles. The number of aromatic nitrogens is 2. The standard InChI is InChI=1S/C16H21N3O3.2ClH/c1-17-15(9-13-10-18-11-19-13)16(20)22-8-7-12-3-5-14(21-2)6-4-12;;/h3-6,10-11,15,17H,7-9H2,1-2H3,(H,18,19);2*1H/t15-;;/m0../s1. The van der Waals surface area contributed by atoms with Crippen molar-refractivity contribution in [2.24, 2.45) is 0 Å². The van der Waals surface area contributed by atoms with Gasteiger partial charge in [-0.15, -0.1) is 24.8 Å². The monoisotopic (exact) mass is 375 g/mol. The first-order chi connectivity index (χ1) is 10.7. The number of halogens is 2. The second-order valence-electron chi connectivity index (χ2n) is 4.89. The van der Waals surface area contributed by atoms with Crippen molar-refractivity contribution in [1.29, 1.82) is 0 Å². The molecule has 6 nitrogen and oxygen atoms in total. The summed E-state index contributed by atoms with van der Waals surface area (Å²) in [6.07, 6.45) is 4.50. The van der Waals surface area contributed by atoms with E-state index in [4.69, 9.17) is 9.47 Å². The van der Waals surface area contributed by atoms with Crippen LogP contribution in [0.25, 0.3) is 0 Å². The quantitative estimate of drug-likeness (QED) is 0.691. The number of aromatic amines is 1. The fraction of sp³-hybridized carbons (Fsp3) is 0.375. The molecule has 0 saturated heterocycles. The van der Waals surface area contributed by atoms with E-state index in [9.17, 15) is 4.79 Å². The lowest BCUT2D eigenvalue weighted by Crippen LogP contribution is -2.37. The highest BCUT2D eigenvalue weighted by atomic mass is 35.5. The van der Waals surface area contributed by atoms with E-state index >= 15 is 0 Å². The molecule has 0 fully saturated rings. The van der Waals surface area contributed by atoms with Crippen molar-refractivity contribution in [3.8, 4) is 5.75 Å². The normalized spacial score (nSPS) is 10.9. The Balaban J connectivity index is 0.00000264. The third-order valence-corrected chi connectivity index (χ3v) is 3.41. The average Bonchev–Trinajstić information content (AvgIpc) is 3.06. The highest BCUT2D eigenvalue weighted by molar-refractivity contribution is 5.85. The van der Waals surface area contributed by atoms with Crippen LogP contribution in [0.1, 0.15) is 11.3 Å². The lowest BCUT2D eigenvalue weighted by atomic mass is 10.1. The van der Waals surface area contributed by atoms with E-state index in [1.165, 1.54) is 0 Å². The largest absolute Gasteiger partial charge is 0.497 e. The molecule has 2 aromatic rings. The molecule has 2 rings (SSSR count). The number of methoxy groups -OCH3 is 1. The Bertz CT molecular complexity index is 577. The number of rotatable bonds is 8. The number of nitrogens with one attached hydrogen (secondary N) is 2. The Labute approximate surface area is 154 Å². The SMILES string of the molecule is CN[C@@H](Cc1cnc[nH]1)C(=O)OCCc1ccc(OC)cc1.Cl.Cl. The predicted molar refractivity (Wildman–Crippen MR) is 97.3 cm³/mol. The van der Waals surface area contributed by atoms with E-state index in [0.29, 0.717) is 19.4 Å². The van der Waals surface area contributed by atoms with Crippen LogP contribution >= 0.6 is 24.8 Å². The zero-order valence-electron chi connectivity index (χ0n) is 13.7. The first-order valence-corrected chi connectivity index (χ1v) is 7.17. The van der Waals surface area contributed by atoms with E-state index < -0.39 is 0 Å². The molecule has 1 atom stereocenters. The van der Waals surface area contributed by atoms with Crippen molar-refractivity contribution in [3.63, 3.8) is 0 Å². The van der Waals surface area contributed by atoms with Crippen molar-refractivity contribution in [3.05, 3.63) is 48.0 Å². The molecule has 0 radical (unpaired) electrons. The van der Waals surface area contributed by atoms with Crippen LogP contribution in [0.4, 0.5) is 0 Å². The smallest absolute Gasteiger partial charge is 0.323 e. The minimum absolute atomic E-state index is 0. The Morgan fingerprint density at radius 1 is 1.29 bits per heavy atom. The van der Waals surface area contributed by atoms with Crippen molar-refractivity contribution in [1.82, 2.24) is 15.3 Å². The van der Waals surface area contributed by atoms with Crippen LogP contribution in [-0.2, 0) is 22.4 Å². The van der Waals surface area contributed by atoms with Gasteiger partial charge in [-0.25, -0.2) is 4.98 Å². The molecular formula is C16H23Cl2N3O3. The van der Waals surface area contributed by atoms with Crippen LogP contribution in [0.5, 0.6) is 5.75 Å². The van der Waals surface area contributed by atoms with Crippen LogP contribution in [0.2, 0.25) is 0 Å². The number of hydrogen-bond donors (Lipinski definition) is 2. The Morgan fingerprint density at radius 3 is 2.54 bits per heavy atom. The van der Waals surface area contributed by atoms with Gasteiger partial charge in [-0.05, 0) is 24.7 Å². The van der Waals surface area contributed by atoms with Crippen LogP contribution in [-0.4, -0.2) is 42.7 Å². The summed E-state index contributed by atoms with van der Waals surface area (Å²) in [5.74, 6) is 0.557. The number of H-pyrrole nitrogens is 1. The molecule has 1 aromatic carbocycles. The fourth-order valence-corrected chi connectivity index (χ4v) is 2.08. The van der Waals surface area contributed by atoms with E-state index in [1.54, 1.807) is 26.7 Å². The third kappa shape index (κ3) is 6.78. The molecule has 0 bridgehead atoms. The van der Waals surface area contributed by atoms with E-state index in [2.05, 4.69) is 15.3 Å². The lowest BCUT2D eigenvalue weighted by molar-refractivity contribution is -0.145. The molecule has 2 N–H and O–H groups in total. The number of imidazole rings is 1. The zero-order valence-corrected chi connectivity index (χ0v) is 15.3. The molecule has 0 aliphatic heterocycles. The van der Waals surface area contributed by atoms with E-state index in [0.717, 1.165) is 17.0 Å². The van der Waals surface area contributed by atoms with Crippen molar-refractivity contribution < 1.29 is 14.3 Å². The van der Waals surface area contributed by atoms with Crippen LogP contribution in [0.3, 0.4) is 0 Å². The number of benzene rings is 1. The summed E-state index contributed by atoms with van der Waals surface area (Å²) < 4.78 is 10.4. The summed E-state index contributed by atoms with van der Waals surface area (Å²) in [7, 11) is 3.38. The molecule has 0 amide bonds. The van der Waals surface area contributed by atoms with Gasteiger partial charge in [-0.3, -0.25) is 4.79 Å². The molecule has 0 aliphatic rings. The van der Waals surface area contributed by atoms with Crippen molar-refractivity contribution in [2.75, 3.05) is 20.8 Å². The maximum absolute atomic E-state index is 12.1. The lowest BCUT2D eigenvalue weighted by Gasteiger charge is -2.14. The fourth-order valence-electron chi connectivity index (χ4n) is 2.08. The average molecular weight is 376 g/mol. The van der Waals surface area contributed by atoms with Gasteiger partial charge in [0, 0.05) is 24.7 Å². The number of esters is 1. The predicted octanol–water partition coefficient (Wildman–Crippen LogP) is 2.18. The number of hydrogen-bond acceptors (Lipinski definition) is 5.